The van der Waals surface area contributed by atoms with Crippen LogP contribution < -0.4 is 15.0 Å². The van der Waals surface area contributed by atoms with Crippen LogP contribution in [0, 0.1) is 0 Å². The topological polar surface area (TPSA) is 50.3 Å². The molecule has 0 aliphatic carbocycles. The van der Waals surface area contributed by atoms with E-state index in [1.165, 1.54) is 19.3 Å². The smallest absolute Gasteiger partial charge is 0.234 e. The number of rotatable bonds is 6. The van der Waals surface area contributed by atoms with Crippen molar-refractivity contribution in [3.8, 4) is 5.88 Å². The Morgan fingerprint density at radius 3 is 3.00 bits per heavy atom. The van der Waals surface area contributed by atoms with Crippen LogP contribution in [-0.2, 0) is 0 Å². The van der Waals surface area contributed by atoms with Crippen molar-refractivity contribution in [2.75, 3.05) is 25.0 Å². The summed E-state index contributed by atoms with van der Waals surface area (Å²) >= 11 is 0. The second-order valence-electron chi connectivity index (χ2n) is 5.62. The molecule has 5 nitrogen and oxygen atoms in total. The average Bonchev–Trinajstić information content (AvgIpc) is 2.45. The Balaban J connectivity index is 2.10. The van der Waals surface area contributed by atoms with Crippen molar-refractivity contribution in [2.45, 2.75) is 51.7 Å². The number of aromatic nitrogens is 2. The van der Waals surface area contributed by atoms with Gasteiger partial charge in [0.2, 0.25) is 5.88 Å². The van der Waals surface area contributed by atoms with Crippen LogP contribution in [0.4, 0.5) is 5.82 Å². The number of piperidine rings is 1. The summed E-state index contributed by atoms with van der Waals surface area (Å²) < 4.78 is 5.65. The summed E-state index contributed by atoms with van der Waals surface area (Å²) in [5.74, 6) is 1.57. The van der Waals surface area contributed by atoms with E-state index in [9.17, 15) is 0 Å². The van der Waals surface area contributed by atoms with Crippen molar-refractivity contribution in [1.82, 2.24) is 15.3 Å². The van der Waals surface area contributed by atoms with Crippen LogP contribution in [0.2, 0.25) is 0 Å². The summed E-state index contributed by atoms with van der Waals surface area (Å²) in [6, 6.07) is 0.555. The van der Waals surface area contributed by atoms with Gasteiger partial charge in [-0.2, -0.15) is 4.98 Å². The van der Waals surface area contributed by atoms with Gasteiger partial charge in [-0.3, -0.25) is 4.98 Å². The summed E-state index contributed by atoms with van der Waals surface area (Å²) in [5.41, 5.74) is 0. The molecule has 2 rings (SSSR count). The molecule has 1 atom stereocenters. The molecular formula is C15H26N4O. The molecule has 1 unspecified atom stereocenters. The van der Waals surface area contributed by atoms with Gasteiger partial charge >= 0.3 is 0 Å². The SMILES string of the molecule is CNCCC1CCCCN1c1cncc(OC(C)C)n1. The highest BCUT2D eigenvalue weighted by Gasteiger charge is 2.23. The molecule has 1 aromatic rings. The van der Waals surface area contributed by atoms with Gasteiger partial charge in [-0.05, 0) is 53.1 Å². The first kappa shape index (κ1) is 15.0. The highest BCUT2D eigenvalue weighted by Crippen LogP contribution is 2.25. The molecule has 0 amide bonds. The summed E-state index contributed by atoms with van der Waals surface area (Å²) in [5, 5.41) is 3.24. The molecule has 0 radical (unpaired) electrons. The zero-order valence-electron chi connectivity index (χ0n) is 12.8. The molecule has 0 spiro atoms. The summed E-state index contributed by atoms with van der Waals surface area (Å²) in [7, 11) is 2.00. The number of ether oxygens (including phenoxy) is 1. The molecule has 0 saturated carbocycles. The Morgan fingerprint density at radius 1 is 1.40 bits per heavy atom. The van der Waals surface area contributed by atoms with Gasteiger partial charge in [0.1, 0.15) is 0 Å². The third-order valence-corrected chi connectivity index (χ3v) is 3.61. The Labute approximate surface area is 121 Å². The van der Waals surface area contributed by atoms with Gasteiger partial charge in [-0.1, -0.05) is 0 Å². The predicted molar refractivity (Wildman–Crippen MR) is 81.3 cm³/mol. The Morgan fingerprint density at radius 2 is 2.25 bits per heavy atom. The third kappa shape index (κ3) is 4.07. The lowest BCUT2D eigenvalue weighted by molar-refractivity contribution is 0.231. The van der Waals surface area contributed by atoms with Crippen LogP contribution in [0.3, 0.4) is 0 Å². The van der Waals surface area contributed by atoms with Crippen molar-refractivity contribution < 1.29 is 4.74 Å². The van der Waals surface area contributed by atoms with Crippen molar-refractivity contribution in [3.63, 3.8) is 0 Å². The molecular weight excluding hydrogens is 252 g/mol. The minimum Gasteiger partial charge on any atom is -0.474 e. The minimum absolute atomic E-state index is 0.126. The highest BCUT2D eigenvalue weighted by atomic mass is 16.5. The fraction of sp³-hybridized carbons (Fsp3) is 0.733. The standard InChI is InChI=1S/C15H26N4O/c1-12(2)20-15-11-17-10-14(18-15)19-9-5-4-6-13(19)7-8-16-3/h10-13,16H,4-9H2,1-3H3. The molecule has 1 saturated heterocycles. The van der Waals surface area contributed by atoms with Gasteiger partial charge in [-0.15, -0.1) is 0 Å². The molecule has 0 aromatic carbocycles. The fourth-order valence-electron chi connectivity index (χ4n) is 2.69. The molecule has 1 aliphatic rings. The monoisotopic (exact) mass is 278 g/mol. The van der Waals surface area contributed by atoms with E-state index >= 15 is 0 Å². The zero-order valence-corrected chi connectivity index (χ0v) is 12.8. The van der Waals surface area contributed by atoms with Gasteiger partial charge in [-0.25, -0.2) is 0 Å². The van der Waals surface area contributed by atoms with Crippen LogP contribution in [0.1, 0.15) is 39.5 Å². The quantitative estimate of drug-likeness (QED) is 0.865. The molecule has 0 bridgehead atoms. The molecule has 20 heavy (non-hydrogen) atoms. The second-order valence-corrected chi connectivity index (χ2v) is 5.62. The van der Waals surface area contributed by atoms with Gasteiger partial charge in [0.25, 0.3) is 0 Å². The van der Waals surface area contributed by atoms with E-state index in [1.54, 1.807) is 6.20 Å². The largest absolute Gasteiger partial charge is 0.474 e. The normalized spacial score (nSPS) is 19.4. The molecule has 1 fully saturated rings. The molecule has 1 N–H and O–H groups in total. The van der Waals surface area contributed by atoms with Crippen molar-refractivity contribution in [1.29, 1.82) is 0 Å². The average molecular weight is 278 g/mol. The Kier molecular flexibility index (Phi) is 5.59. The van der Waals surface area contributed by atoms with E-state index in [0.29, 0.717) is 11.9 Å². The number of hydrogen-bond acceptors (Lipinski definition) is 5. The summed E-state index contributed by atoms with van der Waals surface area (Å²) in [4.78, 5) is 11.3. The zero-order chi connectivity index (χ0) is 14.4. The lowest BCUT2D eigenvalue weighted by Crippen LogP contribution is -2.41. The van der Waals surface area contributed by atoms with E-state index in [-0.39, 0.29) is 6.10 Å². The summed E-state index contributed by atoms with van der Waals surface area (Å²) in [6.07, 6.45) is 8.58. The van der Waals surface area contributed by atoms with Crippen LogP contribution in [-0.4, -0.2) is 42.3 Å². The number of nitrogens with zero attached hydrogens (tertiary/aromatic N) is 3. The lowest BCUT2D eigenvalue weighted by Gasteiger charge is -2.36. The molecule has 5 heteroatoms. The van der Waals surface area contributed by atoms with Crippen LogP contribution in [0.5, 0.6) is 5.88 Å². The second kappa shape index (κ2) is 7.43. The van der Waals surface area contributed by atoms with Gasteiger partial charge in [0.05, 0.1) is 18.5 Å². The maximum atomic E-state index is 5.65. The summed E-state index contributed by atoms with van der Waals surface area (Å²) in [6.45, 7) is 6.11. The fourth-order valence-corrected chi connectivity index (χ4v) is 2.69. The van der Waals surface area contributed by atoms with Gasteiger partial charge < -0.3 is 15.0 Å². The van der Waals surface area contributed by atoms with Crippen molar-refractivity contribution in [3.05, 3.63) is 12.4 Å². The van der Waals surface area contributed by atoms with Gasteiger partial charge in [0.15, 0.2) is 5.82 Å². The number of hydrogen-bond donors (Lipinski definition) is 1. The Bertz CT molecular complexity index is 411. The number of anilines is 1. The van der Waals surface area contributed by atoms with E-state index in [0.717, 1.165) is 25.3 Å². The number of nitrogens with one attached hydrogen (secondary N) is 1. The van der Waals surface area contributed by atoms with E-state index in [1.807, 2.05) is 27.1 Å². The maximum absolute atomic E-state index is 5.65. The van der Waals surface area contributed by atoms with E-state index < -0.39 is 0 Å². The molecule has 1 aliphatic heterocycles. The highest BCUT2D eigenvalue weighted by molar-refractivity contribution is 5.39. The molecule has 1 aromatic heterocycles. The van der Waals surface area contributed by atoms with Crippen LogP contribution >= 0.6 is 0 Å². The minimum atomic E-state index is 0.126. The first-order valence-corrected chi connectivity index (χ1v) is 7.60. The third-order valence-electron chi connectivity index (χ3n) is 3.61. The van der Waals surface area contributed by atoms with Crippen molar-refractivity contribution >= 4 is 5.82 Å². The van der Waals surface area contributed by atoms with Crippen molar-refractivity contribution in [2.24, 2.45) is 0 Å². The first-order chi connectivity index (χ1) is 9.70. The van der Waals surface area contributed by atoms with Crippen LogP contribution in [0.25, 0.3) is 0 Å². The van der Waals surface area contributed by atoms with E-state index in [2.05, 4.69) is 20.2 Å². The molecule has 2 heterocycles. The van der Waals surface area contributed by atoms with Crippen LogP contribution in [0.15, 0.2) is 12.4 Å². The maximum Gasteiger partial charge on any atom is 0.234 e. The first-order valence-electron chi connectivity index (χ1n) is 7.60. The Hall–Kier alpha value is -1.36. The molecule has 112 valence electrons. The lowest BCUT2D eigenvalue weighted by atomic mass is 9.99. The van der Waals surface area contributed by atoms with Gasteiger partial charge in [0, 0.05) is 12.6 Å². The van der Waals surface area contributed by atoms with E-state index in [4.69, 9.17) is 4.74 Å². The predicted octanol–water partition coefficient (Wildman–Crippen LogP) is 2.23.